The molecule has 0 aliphatic carbocycles. The molecule has 0 spiro atoms. The van der Waals surface area contributed by atoms with Gasteiger partial charge in [-0.25, -0.2) is 4.39 Å². The summed E-state index contributed by atoms with van der Waals surface area (Å²) in [5.41, 5.74) is 0.698. The van der Waals surface area contributed by atoms with Crippen molar-refractivity contribution < 1.29 is 27.1 Å². The number of hydrogen-bond donors (Lipinski definition) is 0. The number of carbonyl (C=O) groups excluding carboxylic acids is 1. The molecule has 2 aromatic carbocycles. The molecule has 0 fully saturated rings. The van der Waals surface area contributed by atoms with E-state index >= 15 is 0 Å². The Bertz CT molecular complexity index is 969. The van der Waals surface area contributed by atoms with E-state index in [2.05, 4.69) is 20.7 Å². The van der Waals surface area contributed by atoms with E-state index in [4.69, 9.17) is 11.6 Å². The summed E-state index contributed by atoms with van der Waals surface area (Å²) >= 11 is 9.08. The number of nitrogens with zero attached hydrogens (tertiary/aromatic N) is 1. The third-order valence-electron chi connectivity index (χ3n) is 3.59. The number of benzene rings is 2. The Morgan fingerprint density at radius 1 is 1.15 bits per heavy atom. The zero-order valence-corrected chi connectivity index (χ0v) is 15.1. The summed E-state index contributed by atoms with van der Waals surface area (Å²) in [4.78, 5) is 11.9. The van der Waals surface area contributed by atoms with E-state index in [0.29, 0.717) is 10.6 Å². The molecule has 136 valence electrons. The SMILES string of the molecule is O=C(C(Br)c1ccc(Cl)cc1)n1ccc2cc(F)c(OC(F)(F)F)cc21. The zero-order chi connectivity index (χ0) is 19.1. The largest absolute Gasteiger partial charge is 0.573 e. The molecule has 0 saturated heterocycles. The van der Waals surface area contributed by atoms with Gasteiger partial charge in [0.05, 0.1) is 5.52 Å². The van der Waals surface area contributed by atoms with Gasteiger partial charge in [-0.1, -0.05) is 39.7 Å². The molecule has 1 heterocycles. The molecule has 0 aliphatic heterocycles. The summed E-state index contributed by atoms with van der Waals surface area (Å²) in [7, 11) is 0. The molecule has 0 bridgehead atoms. The number of fused-ring (bicyclic) bond motifs is 1. The molecule has 26 heavy (non-hydrogen) atoms. The Morgan fingerprint density at radius 3 is 2.42 bits per heavy atom. The normalized spacial score (nSPS) is 13.0. The monoisotopic (exact) mass is 449 g/mol. The van der Waals surface area contributed by atoms with E-state index in [1.807, 2.05) is 0 Å². The van der Waals surface area contributed by atoms with Gasteiger partial charge in [0, 0.05) is 22.7 Å². The van der Waals surface area contributed by atoms with Gasteiger partial charge in [-0.15, -0.1) is 13.2 Å². The van der Waals surface area contributed by atoms with Gasteiger partial charge in [0.2, 0.25) is 5.91 Å². The summed E-state index contributed by atoms with van der Waals surface area (Å²) in [5.74, 6) is -2.64. The molecule has 1 aromatic heterocycles. The molecule has 1 atom stereocenters. The summed E-state index contributed by atoms with van der Waals surface area (Å²) < 4.78 is 55.8. The number of carbonyl (C=O) groups is 1. The third kappa shape index (κ3) is 3.86. The second-order valence-corrected chi connectivity index (χ2v) is 6.68. The van der Waals surface area contributed by atoms with Crippen LogP contribution in [-0.2, 0) is 0 Å². The molecule has 0 N–H and O–H groups in total. The van der Waals surface area contributed by atoms with Crippen molar-refractivity contribution in [1.29, 1.82) is 0 Å². The lowest BCUT2D eigenvalue weighted by atomic mass is 10.1. The first-order valence-electron chi connectivity index (χ1n) is 7.16. The maximum Gasteiger partial charge on any atom is 0.573 e. The van der Waals surface area contributed by atoms with Crippen LogP contribution in [0.1, 0.15) is 15.2 Å². The molecule has 0 radical (unpaired) electrons. The van der Waals surface area contributed by atoms with Crippen molar-refractivity contribution in [2.24, 2.45) is 0 Å². The number of alkyl halides is 4. The molecule has 3 rings (SSSR count). The van der Waals surface area contributed by atoms with E-state index < -0.39 is 28.7 Å². The lowest BCUT2D eigenvalue weighted by Gasteiger charge is -2.13. The highest BCUT2D eigenvalue weighted by molar-refractivity contribution is 9.09. The Balaban J connectivity index is 2.00. The van der Waals surface area contributed by atoms with Crippen molar-refractivity contribution in [2.75, 3.05) is 0 Å². The zero-order valence-electron chi connectivity index (χ0n) is 12.7. The standard InChI is InChI=1S/C17H9BrClF4NO2/c18-15(9-1-3-11(19)4-2-9)16(25)24-6-5-10-7-12(20)14(8-13(10)24)26-17(21,22)23/h1-8,15H. The number of rotatable bonds is 3. The summed E-state index contributed by atoms with van der Waals surface area (Å²) in [6, 6.07) is 9.65. The topological polar surface area (TPSA) is 31.2 Å². The minimum Gasteiger partial charge on any atom is -0.403 e. The summed E-state index contributed by atoms with van der Waals surface area (Å²) in [6.07, 6.45) is -3.69. The highest BCUT2D eigenvalue weighted by Crippen LogP contribution is 2.32. The Labute approximate surface area is 158 Å². The van der Waals surface area contributed by atoms with Crippen molar-refractivity contribution in [3.63, 3.8) is 0 Å². The first kappa shape index (κ1) is 18.7. The number of ether oxygens (including phenoxy) is 1. The Hall–Kier alpha value is -2.06. The van der Waals surface area contributed by atoms with Crippen LogP contribution in [0, 0.1) is 5.82 Å². The van der Waals surface area contributed by atoms with E-state index in [-0.39, 0.29) is 10.9 Å². The first-order valence-corrected chi connectivity index (χ1v) is 8.45. The average molecular weight is 451 g/mol. The van der Waals surface area contributed by atoms with Crippen molar-refractivity contribution in [1.82, 2.24) is 4.57 Å². The minimum absolute atomic E-state index is 0.0917. The molecule has 0 aliphatic rings. The van der Waals surface area contributed by atoms with Gasteiger partial charge in [0.25, 0.3) is 0 Å². The molecule has 3 aromatic rings. The number of hydrogen-bond acceptors (Lipinski definition) is 2. The molecular weight excluding hydrogens is 442 g/mol. The van der Waals surface area contributed by atoms with Crippen LogP contribution in [0.25, 0.3) is 10.9 Å². The van der Waals surface area contributed by atoms with Crippen molar-refractivity contribution in [3.8, 4) is 5.75 Å². The van der Waals surface area contributed by atoms with Crippen LogP contribution in [0.4, 0.5) is 17.6 Å². The van der Waals surface area contributed by atoms with E-state index in [1.165, 1.54) is 12.3 Å². The van der Waals surface area contributed by atoms with Crippen molar-refractivity contribution in [2.45, 2.75) is 11.2 Å². The molecule has 9 heteroatoms. The lowest BCUT2D eigenvalue weighted by Crippen LogP contribution is -2.18. The molecular formula is C17H9BrClF4NO2. The first-order chi connectivity index (χ1) is 12.2. The van der Waals surface area contributed by atoms with Gasteiger partial charge in [-0.05, 0) is 29.8 Å². The van der Waals surface area contributed by atoms with E-state index in [9.17, 15) is 22.4 Å². The molecule has 3 nitrogen and oxygen atoms in total. The van der Waals surface area contributed by atoms with Crippen LogP contribution in [0.2, 0.25) is 5.02 Å². The van der Waals surface area contributed by atoms with E-state index in [1.54, 1.807) is 24.3 Å². The molecule has 1 unspecified atom stereocenters. The van der Waals surface area contributed by atoms with Crippen LogP contribution in [0.15, 0.2) is 48.7 Å². The fraction of sp³-hybridized carbons (Fsp3) is 0.118. The van der Waals surface area contributed by atoms with Gasteiger partial charge in [0.15, 0.2) is 11.6 Å². The van der Waals surface area contributed by atoms with Gasteiger partial charge in [-0.3, -0.25) is 9.36 Å². The molecule has 0 amide bonds. The van der Waals surface area contributed by atoms with Crippen molar-refractivity contribution in [3.05, 3.63) is 65.1 Å². The smallest absolute Gasteiger partial charge is 0.403 e. The number of aromatic nitrogens is 1. The fourth-order valence-corrected chi connectivity index (χ4v) is 3.08. The van der Waals surface area contributed by atoms with Gasteiger partial charge in [0.1, 0.15) is 4.83 Å². The summed E-state index contributed by atoms with van der Waals surface area (Å²) in [6.45, 7) is 0. The second kappa shape index (κ2) is 6.92. The number of halogens is 6. The highest BCUT2D eigenvalue weighted by atomic mass is 79.9. The third-order valence-corrected chi connectivity index (χ3v) is 4.76. The van der Waals surface area contributed by atoms with Crippen LogP contribution in [-0.4, -0.2) is 16.8 Å². The maximum absolute atomic E-state index is 13.8. The van der Waals surface area contributed by atoms with Crippen molar-refractivity contribution >= 4 is 44.3 Å². The predicted molar refractivity (Wildman–Crippen MR) is 92.3 cm³/mol. The average Bonchev–Trinajstić information content (AvgIpc) is 2.96. The quantitative estimate of drug-likeness (QED) is 0.356. The Morgan fingerprint density at radius 2 is 1.81 bits per heavy atom. The lowest BCUT2D eigenvalue weighted by molar-refractivity contribution is -0.275. The Kier molecular flexibility index (Phi) is 4.98. The fourth-order valence-electron chi connectivity index (χ4n) is 2.43. The summed E-state index contributed by atoms with van der Waals surface area (Å²) in [5, 5.41) is 0.762. The van der Waals surface area contributed by atoms with Crippen LogP contribution in [0.5, 0.6) is 5.75 Å². The van der Waals surface area contributed by atoms with Crippen LogP contribution < -0.4 is 4.74 Å². The predicted octanol–water partition coefficient (Wildman–Crippen LogP) is 6.11. The minimum atomic E-state index is -5.04. The van der Waals surface area contributed by atoms with E-state index in [0.717, 1.165) is 16.7 Å². The second-order valence-electron chi connectivity index (χ2n) is 5.33. The van der Waals surface area contributed by atoms with Crippen LogP contribution >= 0.6 is 27.5 Å². The van der Waals surface area contributed by atoms with Gasteiger partial charge < -0.3 is 4.74 Å². The molecule has 0 saturated carbocycles. The van der Waals surface area contributed by atoms with Gasteiger partial charge in [-0.2, -0.15) is 0 Å². The highest BCUT2D eigenvalue weighted by Gasteiger charge is 2.33. The van der Waals surface area contributed by atoms with Gasteiger partial charge >= 0.3 is 6.36 Å². The maximum atomic E-state index is 13.8. The van der Waals surface area contributed by atoms with Crippen LogP contribution in [0.3, 0.4) is 0 Å².